The first kappa shape index (κ1) is 15.4. The number of amides is 1. The number of nitrogens with zero attached hydrogens (tertiary/aromatic N) is 1. The quantitative estimate of drug-likeness (QED) is 0.871. The first-order chi connectivity index (χ1) is 10.0. The van der Waals surface area contributed by atoms with Crippen molar-refractivity contribution in [1.29, 1.82) is 0 Å². The Morgan fingerprint density at radius 3 is 2.43 bits per heavy atom. The minimum Gasteiger partial charge on any atom is -0.399 e. The van der Waals surface area contributed by atoms with Crippen LogP contribution in [0.5, 0.6) is 0 Å². The van der Waals surface area contributed by atoms with Gasteiger partial charge in [0.05, 0.1) is 10.6 Å². The lowest BCUT2D eigenvalue weighted by Crippen LogP contribution is -2.30. The highest BCUT2D eigenvalue weighted by Crippen LogP contribution is 2.20. The van der Waals surface area contributed by atoms with Crippen LogP contribution < -0.4 is 5.73 Å². The van der Waals surface area contributed by atoms with Crippen LogP contribution in [0.25, 0.3) is 0 Å². The van der Waals surface area contributed by atoms with Crippen molar-refractivity contribution in [2.45, 2.75) is 20.4 Å². The molecule has 0 spiro atoms. The average molecular weight is 303 g/mol. The van der Waals surface area contributed by atoms with E-state index in [0.29, 0.717) is 23.7 Å². The van der Waals surface area contributed by atoms with Crippen LogP contribution in [0.2, 0.25) is 5.02 Å². The second-order valence-electron chi connectivity index (χ2n) is 5.04. The van der Waals surface area contributed by atoms with Gasteiger partial charge >= 0.3 is 0 Å². The summed E-state index contributed by atoms with van der Waals surface area (Å²) in [7, 11) is 0. The number of hydrogen-bond donors (Lipinski definition) is 1. The number of benzene rings is 2. The van der Waals surface area contributed by atoms with Crippen molar-refractivity contribution in [1.82, 2.24) is 4.90 Å². The van der Waals surface area contributed by atoms with Crippen molar-refractivity contribution < 1.29 is 4.79 Å². The van der Waals surface area contributed by atoms with E-state index in [1.165, 1.54) is 0 Å². The van der Waals surface area contributed by atoms with Gasteiger partial charge in [0.2, 0.25) is 0 Å². The molecule has 1 amide bonds. The van der Waals surface area contributed by atoms with E-state index in [1.807, 2.05) is 50.2 Å². The number of anilines is 1. The third-order valence-corrected chi connectivity index (χ3v) is 3.69. The molecule has 0 saturated carbocycles. The van der Waals surface area contributed by atoms with E-state index in [1.54, 1.807) is 11.0 Å². The maximum atomic E-state index is 12.6. The third-order valence-electron chi connectivity index (χ3n) is 3.38. The summed E-state index contributed by atoms with van der Waals surface area (Å²) in [6.45, 7) is 5.07. The van der Waals surface area contributed by atoms with Gasteiger partial charge in [-0.1, -0.05) is 29.8 Å². The van der Waals surface area contributed by atoms with Gasteiger partial charge in [0, 0.05) is 18.8 Å². The van der Waals surface area contributed by atoms with Gasteiger partial charge in [-0.3, -0.25) is 4.79 Å². The molecule has 0 atom stereocenters. The molecule has 0 radical (unpaired) electrons. The Balaban J connectivity index is 2.20. The molecule has 3 nitrogen and oxygen atoms in total. The van der Waals surface area contributed by atoms with E-state index < -0.39 is 0 Å². The van der Waals surface area contributed by atoms with Gasteiger partial charge < -0.3 is 10.6 Å². The fourth-order valence-corrected chi connectivity index (χ4v) is 2.45. The molecule has 2 aromatic rings. The largest absolute Gasteiger partial charge is 0.399 e. The molecule has 2 N–H and O–H groups in total. The highest BCUT2D eigenvalue weighted by Gasteiger charge is 2.17. The predicted molar refractivity (Wildman–Crippen MR) is 87.5 cm³/mol. The van der Waals surface area contributed by atoms with E-state index >= 15 is 0 Å². The van der Waals surface area contributed by atoms with E-state index in [-0.39, 0.29) is 5.91 Å². The predicted octanol–water partition coefficient (Wildman–Crippen LogP) is 3.89. The summed E-state index contributed by atoms with van der Waals surface area (Å²) in [5, 5.41) is 0.496. The summed E-state index contributed by atoms with van der Waals surface area (Å²) in [6, 6.07) is 13.0. The molecule has 0 saturated heterocycles. The van der Waals surface area contributed by atoms with Crippen LogP contribution in [-0.4, -0.2) is 17.4 Å². The second kappa shape index (κ2) is 6.64. The summed E-state index contributed by atoms with van der Waals surface area (Å²) in [6.07, 6.45) is 0. The number of carbonyl (C=O) groups is 1. The van der Waals surface area contributed by atoms with E-state index in [4.69, 9.17) is 17.3 Å². The summed E-state index contributed by atoms with van der Waals surface area (Å²) in [4.78, 5) is 14.4. The number of aryl methyl sites for hydroxylation is 1. The SMILES string of the molecule is CCN(Cc1ccc(N)cc1)C(=O)c1ccc(C)cc1Cl. The number of nitrogen functional groups attached to an aromatic ring is 1. The molecule has 0 aromatic heterocycles. The molecule has 21 heavy (non-hydrogen) atoms. The first-order valence-corrected chi connectivity index (χ1v) is 7.29. The van der Waals surface area contributed by atoms with Crippen molar-refractivity contribution >= 4 is 23.2 Å². The van der Waals surface area contributed by atoms with Gasteiger partial charge in [-0.25, -0.2) is 0 Å². The lowest BCUT2D eigenvalue weighted by Gasteiger charge is -2.22. The maximum absolute atomic E-state index is 12.6. The Kier molecular flexibility index (Phi) is 4.86. The van der Waals surface area contributed by atoms with Gasteiger partial charge in [0.25, 0.3) is 5.91 Å². The molecular weight excluding hydrogens is 284 g/mol. The van der Waals surface area contributed by atoms with Crippen molar-refractivity contribution in [3.63, 3.8) is 0 Å². The molecule has 0 unspecified atom stereocenters. The Labute approximate surface area is 130 Å². The van der Waals surface area contributed by atoms with Crippen molar-refractivity contribution in [3.8, 4) is 0 Å². The molecule has 0 bridgehead atoms. The third kappa shape index (κ3) is 3.76. The van der Waals surface area contributed by atoms with Crippen LogP contribution in [-0.2, 0) is 6.54 Å². The van der Waals surface area contributed by atoms with Crippen LogP contribution in [0.4, 0.5) is 5.69 Å². The van der Waals surface area contributed by atoms with Crippen molar-refractivity contribution in [2.75, 3.05) is 12.3 Å². The Bertz CT molecular complexity index is 638. The van der Waals surface area contributed by atoms with Crippen LogP contribution in [0.3, 0.4) is 0 Å². The van der Waals surface area contributed by atoms with E-state index in [0.717, 1.165) is 16.8 Å². The van der Waals surface area contributed by atoms with E-state index in [2.05, 4.69) is 0 Å². The number of nitrogens with two attached hydrogens (primary N) is 1. The van der Waals surface area contributed by atoms with Crippen LogP contribution in [0.1, 0.15) is 28.4 Å². The number of halogens is 1. The van der Waals surface area contributed by atoms with Crippen LogP contribution in [0, 0.1) is 6.92 Å². The van der Waals surface area contributed by atoms with Gasteiger partial charge in [0.15, 0.2) is 0 Å². The summed E-state index contributed by atoms with van der Waals surface area (Å²) in [5.41, 5.74) is 9.02. The number of carbonyl (C=O) groups excluding carboxylic acids is 1. The zero-order chi connectivity index (χ0) is 15.4. The Morgan fingerprint density at radius 1 is 1.19 bits per heavy atom. The average Bonchev–Trinajstić information content (AvgIpc) is 2.46. The minimum atomic E-state index is -0.0562. The smallest absolute Gasteiger partial charge is 0.255 e. The standard InChI is InChI=1S/C17H19ClN2O/c1-3-20(11-13-5-7-14(19)8-6-13)17(21)15-9-4-12(2)10-16(15)18/h4-10H,3,11,19H2,1-2H3. The van der Waals surface area contributed by atoms with Crippen molar-refractivity contribution in [2.24, 2.45) is 0 Å². The number of hydrogen-bond acceptors (Lipinski definition) is 2. The normalized spacial score (nSPS) is 10.4. The lowest BCUT2D eigenvalue weighted by atomic mass is 10.1. The monoisotopic (exact) mass is 302 g/mol. The molecule has 2 aromatic carbocycles. The second-order valence-corrected chi connectivity index (χ2v) is 5.45. The molecule has 0 heterocycles. The van der Waals surface area contributed by atoms with Gasteiger partial charge in [-0.05, 0) is 49.2 Å². The number of rotatable bonds is 4. The molecular formula is C17H19ClN2O. The molecule has 0 aliphatic heterocycles. The Morgan fingerprint density at radius 2 is 1.86 bits per heavy atom. The van der Waals surface area contributed by atoms with Crippen LogP contribution in [0.15, 0.2) is 42.5 Å². The zero-order valence-corrected chi connectivity index (χ0v) is 13.0. The molecule has 4 heteroatoms. The molecule has 0 aliphatic rings. The highest BCUT2D eigenvalue weighted by molar-refractivity contribution is 6.33. The topological polar surface area (TPSA) is 46.3 Å². The minimum absolute atomic E-state index is 0.0562. The van der Waals surface area contributed by atoms with E-state index in [9.17, 15) is 4.79 Å². The summed E-state index contributed by atoms with van der Waals surface area (Å²) < 4.78 is 0. The lowest BCUT2D eigenvalue weighted by molar-refractivity contribution is 0.0753. The molecule has 0 fully saturated rings. The fraction of sp³-hybridized carbons (Fsp3) is 0.235. The highest BCUT2D eigenvalue weighted by atomic mass is 35.5. The zero-order valence-electron chi connectivity index (χ0n) is 12.3. The Hall–Kier alpha value is -2.00. The van der Waals surface area contributed by atoms with Gasteiger partial charge in [0.1, 0.15) is 0 Å². The summed E-state index contributed by atoms with van der Waals surface area (Å²) >= 11 is 6.19. The fourth-order valence-electron chi connectivity index (χ4n) is 2.13. The first-order valence-electron chi connectivity index (χ1n) is 6.91. The molecule has 2 rings (SSSR count). The molecule has 110 valence electrons. The van der Waals surface area contributed by atoms with Gasteiger partial charge in [-0.2, -0.15) is 0 Å². The maximum Gasteiger partial charge on any atom is 0.255 e. The van der Waals surface area contributed by atoms with Crippen molar-refractivity contribution in [3.05, 3.63) is 64.2 Å². The molecule has 0 aliphatic carbocycles. The van der Waals surface area contributed by atoms with Crippen LogP contribution >= 0.6 is 11.6 Å². The summed E-state index contributed by atoms with van der Waals surface area (Å²) in [5.74, 6) is -0.0562. The van der Waals surface area contributed by atoms with Gasteiger partial charge in [-0.15, -0.1) is 0 Å².